The van der Waals surface area contributed by atoms with Gasteiger partial charge in [-0.2, -0.15) is 0 Å². The molecule has 1 aromatic carbocycles. The topological polar surface area (TPSA) is 39.7 Å². The highest BCUT2D eigenvalue weighted by Gasteiger charge is 2.43. The van der Waals surface area contributed by atoms with E-state index in [0.29, 0.717) is 11.5 Å². The van der Waals surface area contributed by atoms with Crippen molar-refractivity contribution < 1.29 is 0 Å². The van der Waals surface area contributed by atoms with Crippen LogP contribution in [0.4, 0.5) is 0 Å². The van der Waals surface area contributed by atoms with Crippen LogP contribution in [0.3, 0.4) is 0 Å². The minimum Gasteiger partial charge on any atom is -0.354 e. The number of hydrogen-bond donors (Lipinski definition) is 2. The first-order valence-electron chi connectivity index (χ1n) is 9.71. The van der Waals surface area contributed by atoms with Crippen LogP contribution in [0.25, 0.3) is 0 Å². The summed E-state index contributed by atoms with van der Waals surface area (Å²) >= 11 is 0. The quantitative estimate of drug-likeness (QED) is 0.635. The van der Waals surface area contributed by atoms with Crippen LogP contribution in [0.1, 0.15) is 58.1 Å². The van der Waals surface area contributed by atoms with E-state index in [-0.39, 0.29) is 5.54 Å². The van der Waals surface area contributed by atoms with E-state index in [4.69, 9.17) is 0 Å². The van der Waals surface area contributed by atoms with Gasteiger partial charge in [0, 0.05) is 38.3 Å². The summed E-state index contributed by atoms with van der Waals surface area (Å²) in [6.07, 6.45) is 5.55. The molecule has 1 aliphatic heterocycles. The van der Waals surface area contributed by atoms with Crippen molar-refractivity contribution in [1.29, 1.82) is 0 Å². The van der Waals surface area contributed by atoms with Gasteiger partial charge in [-0.05, 0) is 51.0 Å². The number of guanidine groups is 1. The zero-order valence-electron chi connectivity index (χ0n) is 16.3. The van der Waals surface area contributed by atoms with Gasteiger partial charge in [-0.25, -0.2) is 0 Å². The first kappa shape index (κ1) is 18.2. The van der Waals surface area contributed by atoms with E-state index in [9.17, 15) is 0 Å². The fourth-order valence-corrected chi connectivity index (χ4v) is 4.30. The standard InChI is InChI=1S/C21H34N4/c1-17(18-9-6-5-7-10-18)24-20(2,3)15-23-19(22-4)25-14-13-21(16-25)11-8-12-21/h5-7,9-10,17,24H,8,11-16H2,1-4H3,(H,22,23). The van der Waals surface area contributed by atoms with Gasteiger partial charge in [0.15, 0.2) is 5.96 Å². The molecule has 138 valence electrons. The number of rotatable bonds is 5. The third-order valence-electron chi connectivity index (χ3n) is 5.96. The summed E-state index contributed by atoms with van der Waals surface area (Å²) < 4.78 is 0. The fraction of sp³-hybridized carbons (Fsp3) is 0.667. The minimum atomic E-state index is -0.0148. The van der Waals surface area contributed by atoms with Crippen LogP contribution in [0, 0.1) is 5.41 Å². The average Bonchev–Trinajstić information content (AvgIpc) is 3.02. The molecule has 0 amide bonds. The SMILES string of the molecule is CN=C(NCC(C)(C)NC(C)c1ccccc1)N1CCC2(CCC2)C1. The third kappa shape index (κ3) is 4.35. The monoisotopic (exact) mass is 342 g/mol. The molecule has 1 aromatic rings. The predicted octanol–water partition coefficient (Wildman–Crippen LogP) is 3.57. The van der Waals surface area contributed by atoms with E-state index >= 15 is 0 Å². The summed E-state index contributed by atoms with van der Waals surface area (Å²) in [5.41, 5.74) is 1.91. The second kappa shape index (κ2) is 7.36. The Morgan fingerprint density at radius 2 is 1.96 bits per heavy atom. The number of nitrogens with zero attached hydrogens (tertiary/aromatic N) is 2. The maximum atomic E-state index is 4.54. The van der Waals surface area contributed by atoms with Crippen molar-refractivity contribution in [3.05, 3.63) is 35.9 Å². The second-order valence-electron chi connectivity index (χ2n) is 8.59. The molecule has 3 rings (SSSR count). The largest absolute Gasteiger partial charge is 0.354 e. The predicted molar refractivity (Wildman–Crippen MR) is 106 cm³/mol. The van der Waals surface area contributed by atoms with Crippen LogP contribution in [0.5, 0.6) is 0 Å². The highest BCUT2D eigenvalue weighted by atomic mass is 15.3. The van der Waals surface area contributed by atoms with E-state index in [1.165, 1.54) is 37.8 Å². The summed E-state index contributed by atoms with van der Waals surface area (Å²) in [4.78, 5) is 6.99. The van der Waals surface area contributed by atoms with Crippen molar-refractivity contribution in [2.24, 2.45) is 10.4 Å². The van der Waals surface area contributed by atoms with Crippen LogP contribution in [-0.2, 0) is 0 Å². The molecule has 0 aromatic heterocycles. The van der Waals surface area contributed by atoms with Gasteiger partial charge in [0.05, 0.1) is 0 Å². The average molecular weight is 343 g/mol. The summed E-state index contributed by atoms with van der Waals surface area (Å²) in [6, 6.07) is 11.0. The van der Waals surface area contributed by atoms with Crippen molar-refractivity contribution in [1.82, 2.24) is 15.5 Å². The van der Waals surface area contributed by atoms with Crippen molar-refractivity contribution in [3.63, 3.8) is 0 Å². The smallest absolute Gasteiger partial charge is 0.193 e. The van der Waals surface area contributed by atoms with Gasteiger partial charge in [0.25, 0.3) is 0 Å². The van der Waals surface area contributed by atoms with Crippen molar-refractivity contribution in [2.45, 2.75) is 58.0 Å². The van der Waals surface area contributed by atoms with Gasteiger partial charge in [-0.3, -0.25) is 4.99 Å². The number of likely N-dealkylation sites (tertiary alicyclic amines) is 1. The maximum absolute atomic E-state index is 4.54. The first-order valence-corrected chi connectivity index (χ1v) is 9.71. The Bertz CT molecular complexity index is 589. The molecule has 25 heavy (non-hydrogen) atoms. The number of aliphatic imine (C=N–C) groups is 1. The lowest BCUT2D eigenvalue weighted by atomic mass is 9.68. The molecule has 2 fully saturated rings. The molecule has 4 nitrogen and oxygen atoms in total. The van der Waals surface area contributed by atoms with Gasteiger partial charge in [0.1, 0.15) is 0 Å². The molecule has 1 atom stereocenters. The molecule has 0 bridgehead atoms. The minimum absolute atomic E-state index is 0.0148. The normalized spacial score (nSPS) is 21.3. The van der Waals surface area contributed by atoms with Gasteiger partial charge in [-0.1, -0.05) is 36.8 Å². The summed E-state index contributed by atoms with van der Waals surface area (Å²) in [7, 11) is 1.90. The van der Waals surface area contributed by atoms with Gasteiger partial charge in [0.2, 0.25) is 0 Å². The molecule has 2 N–H and O–H groups in total. The lowest BCUT2D eigenvalue weighted by Gasteiger charge is -2.38. The van der Waals surface area contributed by atoms with Crippen LogP contribution < -0.4 is 10.6 Å². The van der Waals surface area contributed by atoms with E-state index in [1.807, 2.05) is 7.05 Å². The molecule has 4 heteroatoms. The molecule has 2 aliphatic rings. The highest BCUT2D eigenvalue weighted by molar-refractivity contribution is 5.80. The van der Waals surface area contributed by atoms with Crippen LogP contribution in [0.2, 0.25) is 0 Å². The van der Waals surface area contributed by atoms with E-state index in [2.05, 4.69) is 71.6 Å². The first-order chi connectivity index (χ1) is 11.9. The Morgan fingerprint density at radius 1 is 1.24 bits per heavy atom. The van der Waals surface area contributed by atoms with Gasteiger partial charge >= 0.3 is 0 Å². The van der Waals surface area contributed by atoms with E-state index < -0.39 is 0 Å². The molecule has 0 radical (unpaired) electrons. The molecule has 1 heterocycles. The molecule has 1 saturated carbocycles. The number of hydrogen-bond acceptors (Lipinski definition) is 2. The fourth-order valence-electron chi connectivity index (χ4n) is 4.30. The zero-order valence-corrected chi connectivity index (χ0v) is 16.3. The Hall–Kier alpha value is -1.55. The van der Waals surface area contributed by atoms with E-state index in [1.54, 1.807) is 0 Å². The Kier molecular flexibility index (Phi) is 5.38. The van der Waals surface area contributed by atoms with Gasteiger partial charge in [-0.15, -0.1) is 0 Å². The van der Waals surface area contributed by atoms with Crippen molar-refractivity contribution in [2.75, 3.05) is 26.7 Å². The van der Waals surface area contributed by atoms with E-state index in [0.717, 1.165) is 19.0 Å². The van der Waals surface area contributed by atoms with Crippen molar-refractivity contribution >= 4 is 5.96 Å². The molecular weight excluding hydrogens is 308 g/mol. The summed E-state index contributed by atoms with van der Waals surface area (Å²) in [6.45, 7) is 9.93. The number of benzene rings is 1. The van der Waals surface area contributed by atoms with Crippen LogP contribution in [0.15, 0.2) is 35.3 Å². The Labute approximate surface area is 153 Å². The number of nitrogens with one attached hydrogen (secondary N) is 2. The molecule has 1 aliphatic carbocycles. The molecule has 1 saturated heterocycles. The lowest BCUT2D eigenvalue weighted by Crippen LogP contribution is -2.52. The van der Waals surface area contributed by atoms with Crippen LogP contribution >= 0.6 is 0 Å². The Balaban J connectivity index is 1.52. The third-order valence-corrected chi connectivity index (χ3v) is 5.96. The maximum Gasteiger partial charge on any atom is 0.193 e. The second-order valence-corrected chi connectivity index (χ2v) is 8.59. The summed E-state index contributed by atoms with van der Waals surface area (Å²) in [5, 5.41) is 7.35. The zero-order chi connectivity index (χ0) is 17.9. The lowest BCUT2D eigenvalue weighted by molar-refractivity contribution is 0.151. The van der Waals surface area contributed by atoms with Crippen LogP contribution in [-0.4, -0.2) is 43.1 Å². The van der Waals surface area contributed by atoms with Crippen molar-refractivity contribution in [3.8, 4) is 0 Å². The Morgan fingerprint density at radius 3 is 2.52 bits per heavy atom. The molecule has 1 spiro atoms. The molecular formula is C21H34N4. The van der Waals surface area contributed by atoms with Gasteiger partial charge < -0.3 is 15.5 Å². The highest BCUT2D eigenvalue weighted by Crippen LogP contribution is 2.47. The molecule has 1 unspecified atom stereocenters. The summed E-state index contributed by atoms with van der Waals surface area (Å²) in [5.74, 6) is 1.06.